The first kappa shape index (κ1) is 26.4. The highest BCUT2D eigenvalue weighted by Crippen LogP contribution is 2.28. The summed E-state index contributed by atoms with van der Waals surface area (Å²) in [6, 6.07) is 6.87. The highest BCUT2D eigenvalue weighted by Gasteiger charge is 2.29. The number of carbonyl (C=O) groups is 1. The van der Waals surface area contributed by atoms with E-state index in [1.54, 1.807) is 37.5 Å². The number of piperazine rings is 1. The first-order chi connectivity index (χ1) is 17.6. The molecule has 3 aromatic rings. The predicted molar refractivity (Wildman–Crippen MR) is 147 cm³/mol. The monoisotopic (exact) mass is 526 g/mol. The molecule has 0 spiro atoms. The fraction of sp³-hybridized carbons (Fsp3) is 0.440. The Kier molecular flexibility index (Phi) is 7.67. The summed E-state index contributed by atoms with van der Waals surface area (Å²) in [7, 11) is -3.68. The molecule has 198 valence electrons. The van der Waals surface area contributed by atoms with Crippen molar-refractivity contribution < 1.29 is 13.2 Å². The van der Waals surface area contributed by atoms with E-state index in [1.807, 2.05) is 38.8 Å². The third-order valence-corrected chi connectivity index (χ3v) is 7.42. The zero-order valence-corrected chi connectivity index (χ0v) is 22.6. The molecular formula is C25H34N8O3S. The molecule has 0 radical (unpaired) electrons. The fourth-order valence-corrected chi connectivity index (χ4v) is 4.90. The van der Waals surface area contributed by atoms with Crippen LogP contribution in [0.1, 0.15) is 43.6 Å². The van der Waals surface area contributed by atoms with Gasteiger partial charge in [-0.05, 0) is 58.4 Å². The van der Waals surface area contributed by atoms with E-state index in [9.17, 15) is 13.2 Å². The molecule has 0 aliphatic carbocycles. The number of aromatic amines is 1. The second-order valence-electron chi connectivity index (χ2n) is 9.50. The number of nitrogens with one attached hydrogen (secondary N) is 3. The van der Waals surface area contributed by atoms with Gasteiger partial charge in [0.1, 0.15) is 17.8 Å². The Balaban J connectivity index is 1.60. The molecule has 0 bridgehead atoms. The topological polar surface area (TPSA) is 136 Å². The number of aromatic nitrogens is 3. The third kappa shape index (κ3) is 6.01. The zero-order chi connectivity index (χ0) is 26.7. The van der Waals surface area contributed by atoms with Crippen molar-refractivity contribution in [1.29, 1.82) is 0 Å². The van der Waals surface area contributed by atoms with Gasteiger partial charge < -0.3 is 25.4 Å². The van der Waals surface area contributed by atoms with Crippen LogP contribution in [0.4, 0.5) is 11.5 Å². The molecule has 1 atom stereocenters. The zero-order valence-electron chi connectivity index (χ0n) is 21.8. The van der Waals surface area contributed by atoms with E-state index >= 15 is 0 Å². The summed E-state index contributed by atoms with van der Waals surface area (Å²) in [5.74, 6) is 0.777. The molecule has 1 fully saturated rings. The number of hydrogen-bond donors (Lipinski definition) is 3. The standard InChI is InChI=1S/C25H34N8O3S/c1-6-37(35,36)31-25(30-20-9-7-8-19(12-20)24(34)29-16(2)3)33-11-10-32(14-18(33)5)23-21-17(4)13-26-22(21)27-15-28-23/h7-9,12-13,15-16,18H,6,10-11,14H2,1-5H3,(H,29,34)(H,30,31)(H,26,27,28). The summed E-state index contributed by atoms with van der Waals surface area (Å²) in [4.78, 5) is 28.7. The van der Waals surface area contributed by atoms with E-state index in [4.69, 9.17) is 0 Å². The Morgan fingerprint density at radius 2 is 2.05 bits per heavy atom. The molecule has 2 aromatic heterocycles. The van der Waals surface area contributed by atoms with E-state index in [1.165, 1.54) is 0 Å². The summed E-state index contributed by atoms with van der Waals surface area (Å²) in [5, 5.41) is 7.03. The van der Waals surface area contributed by atoms with Crippen LogP contribution in [0.5, 0.6) is 0 Å². The Morgan fingerprint density at radius 3 is 2.76 bits per heavy atom. The maximum atomic E-state index is 12.5. The molecule has 1 aliphatic rings. The predicted octanol–water partition coefficient (Wildman–Crippen LogP) is 2.73. The summed E-state index contributed by atoms with van der Waals surface area (Å²) >= 11 is 0. The SMILES string of the molecule is CCS(=O)(=O)N=C(Nc1cccc(C(=O)NC(C)C)c1)N1CCN(c2ncnc3[nH]cc(C)c23)CC1C. The minimum atomic E-state index is -3.68. The quantitative estimate of drug-likeness (QED) is 0.330. The Morgan fingerprint density at radius 1 is 1.27 bits per heavy atom. The second kappa shape index (κ2) is 10.8. The van der Waals surface area contributed by atoms with Crippen LogP contribution in [0.25, 0.3) is 11.0 Å². The fourth-order valence-electron chi connectivity index (χ4n) is 4.36. The van der Waals surface area contributed by atoms with Gasteiger partial charge in [-0.25, -0.2) is 18.4 Å². The Hall–Kier alpha value is -3.67. The summed E-state index contributed by atoms with van der Waals surface area (Å²) in [6.07, 6.45) is 3.47. The van der Waals surface area contributed by atoms with Crippen LogP contribution < -0.4 is 15.5 Å². The Labute approximate surface area is 217 Å². The normalized spacial score (nSPS) is 16.9. The summed E-state index contributed by atoms with van der Waals surface area (Å²) in [5.41, 5.74) is 2.91. The van der Waals surface area contributed by atoms with Crippen LogP contribution in [0.3, 0.4) is 0 Å². The number of carbonyl (C=O) groups excluding carboxylic acids is 1. The van der Waals surface area contributed by atoms with Gasteiger partial charge in [0.25, 0.3) is 15.9 Å². The number of amides is 1. The Bertz CT molecular complexity index is 1420. The van der Waals surface area contributed by atoms with Crippen molar-refractivity contribution in [3.63, 3.8) is 0 Å². The molecule has 1 saturated heterocycles. The van der Waals surface area contributed by atoms with Crippen molar-refractivity contribution in [2.45, 2.75) is 46.7 Å². The van der Waals surface area contributed by atoms with Gasteiger partial charge in [-0.1, -0.05) is 6.07 Å². The molecule has 1 aromatic carbocycles. The highest BCUT2D eigenvalue weighted by molar-refractivity contribution is 7.90. The molecule has 12 heteroatoms. The molecule has 0 saturated carbocycles. The summed E-state index contributed by atoms with van der Waals surface area (Å²) < 4.78 is 29.2. The van der Waals surface area contributed by atoms with Gasteiger partial charge >= 0.3 is 0 Å². The van der Waals surface area contributed by atoms with Crippen molar-refractivity contribution in [3.05, 3.63) is 47.9 Å². The number of anilines is 2. The number of H-pyrrole nitrogens is 1. The molecular weight excluding hydrogens is 492 g/mol. The molecule has 3 heterocycles. The van der Waals surface area contributed by atoms with E-state index in [2.05, 4.69) is 34.9 Å². The molecule has 11 nitrogen and oxygen atoms in total. The van der Waals surface area contributed by atoms with Crippen LogP contribution in [-0.4, -0.2) is 77.6 Å². The lowest BCUT2D eigenvalue weighted by molar-refractivity contribution is 0.0943. The number of rotatable bonds is 6. The maximum Gasteiger partial charge on any atom is 0.256 e. The number of hydrogen-bond acceptors (Lipinski definition) is 6. The molecule has 1 unspecified atom stereocenters. The number of aryl methyl sites for hydroxylation is 1. The molecule has 1 aliphatic heterocycles. The minimum absolute atomic E-state index is 0.000688. The lowest BCUT2D eigenvalue weighted by Crippen LogP contribution is -2.56. The number of sulfonamides is 1. The third-order valence-electron chi connectivity index (χ3n) is 6.24. The van der Waals surface area contributed by atoms with E-state index in [0.29, 0.717) is 30.9 Å². The van der Waals surface area contributed by atoms with Crippen molar-refractivity contribution in [2.24, 2.45) is 4.40 Å². The first-order valence-electron chi connectivity index (χ1n) is 12.4. The summed E-state index contributed by atoms with van der Waals surface area (Å²) in [6.45, 7) is 11.1. The molecule has 3 N–H and O–H groups in total. The van der Waals surface area contributed by atoms with Crippen LogP contribution in [-0.2, 0) is 10.0 Å². The van der Waals surface area contributed by atoms with Gasteiger partial charge in [-0.2, -0.15) is 0 Å². The van der Waals surface area contributed by atoms with E-state index in [0.717, 1.165) is 22.4 Å². The second-order valence-corrected chi connectivity index (χ2v) is 11.4. The van der Waals surface area contributed by atoms with Gasteiger partial charge in [-0.15, -0.1) is 4.40 Å². The van der Waals surface area contributed by atoms with Gasteiger partial charge in [0.15, 0.2) is 0 Å². The highest BCUT2D eigenvalue weighted by atomic mass is 32.2. The average molecular weight is 527 g/mol. The number of nitrogens with zero attached hydrogens (tertiary/aromatic N) is 5. The number of guanidine groups is 1. The van der Waals surface area contributed by atoms with Gasteiger partial charge in [-0.3, -0.25) is 4.79 Å². The van der Waals surface area contributed by atoms with Crippen molar-refractivity contribution in [3.8, 4) is 0 Å². The lowest BCUT2D eigenvalue weighted by atomic mass is 10.1. The lowest BCUT2D eigenvalue weighted by Gasteiger charge is -2.42. The molecule has 1 amide bonds. The largest absolute Gasteiger partial charge is 0.352 e. The number of fused-ring (bicyclic) bond motifs is 1. The number of benzene rings is 1. The van der Waals surface area contributed by atoms with Crippen LogP contribution in [0, 0.1) is 6.92 Å². The van der Waals surface area contributed by atoms with Crippen molar-refractivity contribution >= 4 is 44.4 Å². The molecule has 4 rings (SSSR count). The van der Waals surface area contributed by atoms with Gasteiger partial charge in [0, 0.05) is 49.2 Å². The van der Waals surface area contributed by atoms with Crippen LogP contribution in [0.15, 0.2) is 41.2 Å². The van der Waals surface area contributed by atoms with Crippen molar-refractivity contribution in [1.82, 2.24) is 25.2 Å². The first-order valence-corrected chi connectivity index (χ1v) is 14.0. The van der Waals surface area contributed by atoms with Gasteiger partial charge in [0.2, 0.25) is 5.96 Å². The minimum Gasteiger partial charge on any atom is -0.352 e. The average Bonchev–Trinajstić information content (AvgIpc) is 3.24. The molecule has 37 heavy (non-hydrogen) atoms. The van der Waals surface area contributed by atoms with E-state index in [-0.39, 0.29) is 29.7 Å². The maximum absolute atomic E-state index is 12.5. The van der Waals surface area contributed by atoms with Crippen LogP contribution >= 0.6 is 0 Å². The van der Waals surface area contributed by atoms with Crippen LogP contribution in [0.2, 0.25) is 0 Å². The van der Waals surface area contributed by atoms with Gasteiger partial charge in [0.05, 0.1) is 11.1 Å². The van der Waals surface area contributed by atoms with Crippen molar-refractivity contribution in [2.75, 3.05) is 35.6 Å². The smallest absolute Gasteiger partial charge is 0.256 e. The van der Waals surface area contributed by atoms with E-state index < -0.39 is 10.0 Å².